The summed E-state index contributed by atoms with van der Waals surface area (Å²) in [7, 11) is 0. The molecule has 1 nitrogen and oxygen atoms in total. The standard InChI is InChI=1S/C13H16O/c1-11-7-5-6-10-14-13(11)12-8-3-2-4-9-12/h2-5,7-9,11,13H,6,10H2,1H3/t11-,13-/m0/s1. The van der Waals surface area contributed by atoms with Crippen molar-refractivity contribution in [1.29, 1.82) is 0 Å². The number of rotatable bonds is 1. The fourth-order valence-electron chi connectivity index (χ4n) is 1.87. The zero-order valence-corrected chi connectivity index (χ0v) is 8.52. The van der Waals surface area contributed by atoms with Gasteiger partial charge in [-0.25, -0.2) is 0 Å². The largest absolute Gasteiger partial charge is 0.373 e. The lowest BCUT2D eigenvalue weighted by atomic mass is 9.97. The molecule has 0 N–H and O–H groups in total. The van der Waals surface area contributed by atoms with Gasteiger partial charge in [0, 0.05) is 5.92 Å². The van der Waals surface area contributed by atoms with Crippen molar-refractivity contribution in [1.82, 2.24) is 0 Å². The Kier molecular flexibility index (Phi) is 3.00. The number of hydrogen-bond acceptors (Lipinski definition) is 1. The van der Waals surface area contributed by atoms with Gasteiger partial charge in [-0.15, -0.1) is 0 Å². The first-order chi connectivity index (χ1) is 6.88. The Labute approximate surface area is 85.4 Å². The van der Waals surface area contributed by atoms with Crippen LogP contribution in [-0.2, 0) is 4.74 Å². The minimum Gasteiger partial charge on any atom is -0.373 e. The number of benzene rings is 1. The zero-order valence-electron chi connectivity index (χ0n) is 8.52. The van der Waals surface area contributed by atoms with Crippen LogP contribution in [-0.4, -0.2) is 6.61 Å². The summed E-state index contributed by atoms with van der Waals surface area (Å²) in [5.41, 5.74) is 1.28. The van der Waals surface area contributed by atoms with Crippen molar-refractivity contribution >= 4 is 0 Å². The van der Waals surface area contributed by atoms with E-state index in [9.17, 15) is 0 Å². The van der Waals surface area contributed by atoms with Crippen molar-refractivity contribution in [3.8, 4) is 0 Å². The highest BCUT2D eigenvalue weighted by Gasteiger charge is 2.18. The van der Waals surface area contributed by atoms with E-state index in [-0.39, 0.29) is 6.10 Å². The van der Waals surface area contributed by atoms with Gasteiger partial charge in [0.25, 0.3) is 0 Å². The summed E-state index contributed by atoms with van der Waals surface area (Å²) in [4.78, 5) is 0. The summed E-state index contributed by atoms with van der Waals surface area (Å²) >= 11 is 0. The van der Waals surface area contributed by atoms with Crippen LogP contribution in [0.3, 0.4) is 0 Å². The lowest BCUT2D eigenvalue weighted by molar-refractivity contribution is 0.0364. The van der Waals surface area contributed by atoms with Crippen LogP contribution in [0.5, 0.6) is 0 Å². The van der Waals surface area contributed by atoms with Crippen molar-refractivity contribution in [2.24, 2.45) is 5.92 Å². The Hall–Kier alpha value is -1.08. The van der Waals surface area contributed by atoms with E-state index in [1.165, 1.54) is 5.56 Å². The smallest absolute Gasteiger partial charge is 0.0884 e. The maximum atomic E-state index is 5.84. The van der Waals surface area contributed by atoms with Crippen LogP contribution in [0.4, 0.5) is 0 Å². The molecule has 0 spiro atoms. The molecule has 0 aliphatic carbocycles. The van der Waals surface area contributed by atoms with Gasteiger partial charge in [0.15, 0.2) is 0 Å². The van der Waals surface area contributed by atoms with Crippen LogP contribution in [0.15, 0.2) is 42.5 Å². The fourth-order valence-corrected chi connectivity index (χ4v) is 1.87. The highest BCUT2D eigenvalue weighted by atomic mass is 16.5. The molecule has 1 aromatic carbocycles. The summed E-state index contributed by atoms with van der Waals surface area (Å²) in [5, 5.41) is 0. The molecule has 1 heteroatoms. The van der Waals surface area contributed by atoms with Gasteiger partial charge in [-0.05, 0) is 12.0 Å². The quantitative estimate of drug-likeness (QED) is 0.614. The SMILES string of the molecule is C[C@H]1C=CCCO[C@@H]1c1ccccc1. The second-order valence-corrected chi connectivity index (χ2v) is 3.78. The lowest BCUT2D eigenvalue weighted by Gasteiger charge is -2.20. The van der Waals surface area contributed by atoms with Gasteiger partial charge in [0.1, 0.15) is 0 Å². The van der Waals surface area contributed by atoms with Gasteiger partial charge in [0.05, 0.1) is 12.7 Å². The van der Waals surface area contributed by atoms with E-state index >= 15 is 0 Å². The van der Waals surface area contributed by atoms with Crippen molar-refractivity contribution in [3.05, 3.63) is 48.0 Å². The zero-order chi connectivity index (χ0) is 9.80. The van der Waals surface area contributed by atoms with Gasteiger partial charge in [-0.3, -0.25) is 0 Å². The maximum absolute atomic E-state index is 5.84. The molecule has 74 valence electrons. The summed E-state index contributed by atoms with van der Waals surface area (Å²) in [6.45, 7) is 3.04. The molecular formula is C13H16O. The van der Waals surface area contributed by atoms with Crippen molar-refractivity contribution < 1.29 is 4.74 Å². The lowest BCUT2D eigenvalue weighted by Crippen LogP contribution is -2.10. The number of hydrogen-bond donors (Lipinski definition) is 0. The minimum absolute atomic E-state index is 0.231. The molecule has 0 saturated heterocycles. The first-order valence-electron chi connectivity index (χ1n) is 5.21. The van der Waals surface area contributed by atoms with Gasteiger partial charge in [-0.2, -0.15) is 0 Å². The molecule has 0 bridgehead atoms. The number of ether oxygens (including phenoxy) is 1. The van der Waals surface area contributed by atoms with E-state index in [2.05, 4.69) is 43.3 Å². The third-order valence-corrected chi connectivity index (χ3v) is 2.63. The molecule has 0 unspecified atom stereocenters. The predicted molar refractivity (Wildman–Crippen MR) is 58.1 cm³/mol. The second-order valence-electron chi connectivity index (χ2n) is 3.78. The van der Waals surface area contributed by atoms with Gasteiger partial charge < -0.3 is 4.74 Å². The summed E-state index contributed by atoms with van der Waals surface area (Å²) < 4.78 is 5.84. The van der Waals surface area contributed by atoms with Crippen LogP contribution >= 0.6 is 0 Å². The monoisotopic (exact) mass is 188 g/mol. The van der Waals surface area contributed by atoms with Crippen molar-refractivity contribution in [3.63, 3.8) is 0 Å². The summed E-state index contributed by atoms with van der Waals surface area (Å²) in [6.07, 6.45) is 5.74. The molecular weight excluding hydrogens is 172 g/mol. The molecule has 0 radical (unpaired) electrons. The van der Waals surface area contributed by atoms with E-state index in [4.69, 9.17) is 4.74 Å². The van der Waals surface area contributed by atoms with E-state index in [0.29, 0.717) is 5.92 Å². The molecule has 14 heavy (non-hydrogen) atoms. The molecule has 1 aliphatic heterocycles. The van der Waals surface area contributed by atoms with Crippen molar-refractivity contribution in [2.45, 2.75) is 19.4 Å². The Morgan fingerprint density at radius 1 is 1.21 bits per heavy atom. The second kappa shape index (κ2) is 4.43. The van der Waals surface area contributed by atoms with Gasteiger partial charge in [-0.1, -0.05) is 49.4 Å². The normalized spacial score (nSPS) is 27.2. The fraction of sp³-hybridized carbons (Fsp3) is 0.385. The van der Waals surface area contributed by atoms with E-state index in [1.54, 1.807) is 0 Å². The third kappa shape index (κ3) is 2.05. The van der Waals surface area contributed by atoms with Crippen LogP contribution < -0.4 is 0 Å². The van der Waals surface area contributed by atoms with Crippen molar-refractivity contribution in [2.75, 3.05) is 6.61 Å². The first kappa shape index (κ1) is 9.47. The average Bonchev–Trinajstić information content (AvgIpc) is 2.44. The molecule has 0 saturated carbocycles. The minimum atomic E-state index is 0.231. The molecule has 0 aromatic heterocycles. The molecule has 1 aliphatic rings. The molecule has 1 heterocycles. The van der Waals surface area contributed by atoms with Crippen LogP contribution in [0, 0.1) is 5.92 Å². The van der Waals surface area contributed by atoms with Gasteiger partial charge in [0.2, 0.25) is 0 Å². The van der Waals surface area contributed by atoms with Crippen LogP contribution in [0.1, 0.15) is 25.0 Å². The van der Waals surface area contributed by atoms with Crippen LogP contribution in [0.25, 0.3) is 0 Å². The van der Waals surface area contributed by atoms with E-state index < -0.39 is 0 Å². The summed E-state index contributed by atoms with van der Waals surface area (Å²) in [5.74, 6) is 0.472. The topological polar surface area (TPSA) is 9.23 Å². The Bertz CT molecular complexity index is 302. The Morgan fingerprint density at radius 3 is 2.79 bits per heavy atom. The highest BCUT2D eigenvalue weighted by Crippen LogP contribution is 2.28. The molecule has 2 rings (SSSR count). The van der Waals surface area contributed by atoms with Crippen LogP contribution in [0.2, 0.25) is 0 Å². The average molecular weight is 188 g/mol. The van der Waals surface area contributed by atoms with Gasteiger partial charge >= 0.3 is 0 Å². The first-order valence-corrected chi connectivity index (χ1v) is 5.21. The van der Waals surface area contributed by atoms with E-state index in [1.807, 2.05) is 6.07 Å². The third-order valence-electron chi connectivity index (χ3n) is 2.63. The predicted octanol–water partition coefficient (Wildman–Crippen LogP) is 3.34. The Balaban J connectivity index is 2.20. The molecule has 2 atom stereocenters. The molecule has 0 amide bonds. The Morgan fingerprint density at radius 2 is 2.00 bits per heavy atom. The van der Waals surface area contributed by atoms with E-state index in [0.717, 1.165) is 13.0 Å². The highest BCUT2D eigenvalue weighted by molar-refractivity contribution is 5.19. The molecule has 1 aromatic rings. The molecule has 0 fully saturated rings. The summed E-state index contributed by atoms with van der Waals surface area (Å²) in [6, 6.07) is 10.5. The maximum Gasteiger partial charge on any atom is 0.0884 e.